The van der Waals surface area contributed by atoms with Gasteiger partial charge in [0.15, 0.2) is 0 Å². The van der Waals surface area contributed by atoms with Crippen LogP contribution >= 0.6 is 22.9 Å². The van der Waals surface area contributed by atoms with Crippen LogP contribution in [-0.2, 0) is 0 Å². The molecule has 0 aliphatic rings. The van der Waals surface area contributed by atoms with Crippen LogP contribution in [-0.4, -0.2) is 16.5 Å². The lowest BCUT2D eigenvalue weighted by atomic mass is 10.3. The maximum atomic E-state index is 10.5. The molecule has 112 valence electrons. The van der Waals surface area contributed by atoms with Gasteiger partial charge in [0.2, 0.25) is 5.13 Å². The summed E-state index contributed by atoms with van der Waals surface area (Å²) in [5, 5.41) is 30.3. The van der Waals surface area contributed by atoms with E-state index in [-0.39, 0.29) is 10.1 Å². The number of hydrogen-bond donors (Lipinski definition) is 1. The number of azo groups is 1. The molecule has 2 rings (SSSR count). The normalized spacial score (nSPS) is 10.5. The fourth-order valence-electron chi connectivity index (χ4n) is 1.45. The van der Waals surface area contributed by atoms with Crippen molar-refractivity contribution in [1.29, 1.82) is 5.26 Å². The second-order valence-electron chi connectivity index (χ2n) is 3.94. The first-order valence-corrected chi connectivity index (χ1v) is 7.22. The van der Waals surface area contributed by atoms with Crippen molar-refractivity contribution in [1.82, 2.24) is 4.98 Å². The third-order valence-corrected chi connectivity index (χ3v) is 3.56. The van der Waals surface area contributed by atoms with Crippen molar-refractivity contribution in [3.05, 3.63) is 39.5 Å². The van der Waals surface area contributed by atoms with E-state index in [1.54, 1.807) is 18.2 Å². The van der Waals surface area contributed by atoms with E-state index in [1.165, 1.54) is 0 Å². The second-order valence-corrected chi connectivity index (χ2v) is 5.33. The Morgan fingerprint density at radius 2 is 2.32 bits per heavy atom. The summed E-state index contributed by atoms with van der Waals surface area (Å²) >= 11 is 6.92. The number of anilines is 1. The zero-order valence-electron chi connectivity index (χ0n) is 11.1. The van der Waals surface area contributed by atoms with Gasteiger partial charge in [0.1, 0.15) is 6.20 Å². The van der Waals surface area contributed by atoms with Crippen LogP contribution in [0.25, 0.3) is 0 Å². The average Bonchev–Trinajstić information content (AvgIpc) is 2.96. The molecule has 0 unspecified atom stereocenters. The van der Waals surface area contributed by atoms with Crippen molar-refractivity contribution >= 4 is 44.4 Å². The summed E-state index contributed by atoms with van der Waals surface area (Å²) in [6.07, 6.45) is 1.51. The van der Waals surface area contributed by atoms with E-state index < -0.39 is 4.92 Å². The Bertz CT molecular complexity index is 754. The summed E-state index contributed by atoms with van der Waals surface area (Å²) in [7, 11) is 0. The van der Waals surface area contributed by atoms with Gasteiger partial charge in [-0.3, -0.25) is 10.1 Å². The number of aromatic nitrogens is 1. The van der Waals surface area contributed by atoms with Crippen molar-refractivity contribution in [2.24, 2.45) is 10.2 Å². The van der Waals surface area contributed by atoms with Crippen LogP contribution in [0.1, 0.15) is 6.42 Å². The van der Waals surface area contributed by atoms with Crippen molar-refractivity contribution in [3.8, 4) is 6.07 Å². The largest absolute Gasteiger partial charge is 0.383 e. The van der Waals surface area contributed by atoms with E-state index in [1.807, 2.05) is 6.07 Å². The van der Waals surface area contributed by atoms with E-state index in [0.29, 0.717) is 29.4 Å². The number of halogens is 1. The van der Waals surface area contributed by atoms with Crippen molar-refractivity contribution in [2.45, 2.75) is 6.42 Å². The molecule has 10 heteroatoms. The van der Waals surface area contributed by atoms with Gasteiger partial charge in [-0.05, 0) is 29.5 Å². The molecule has 0 spiro atoms. The third kappa shape index (κ3) is 4.21. The number of nitrogens with one attached hydrogen (secondary N) is 1. The van der Waals surface area contributed by atoms with Crippen LogP contribution in [0.5, 0.6) is 0 Å². The molecular formula is C12H9ClN6O2S. The first kappa shape index (κ1) is 15.8. The summed E-state index contributed by atoms with van der Waals surface area (Å²) in [4.78, 5) is 13.8. The fraction of sp³-hybridized carbons (Fsp3) is 0.167. The summed E-state index contributed by atoms with van der Waals surface area (Å²) in [6.45, 7) is 0.500. The Hall–Kier alpha value is -2.57. The van der Waals surface area contributed by atoms with E-state index in [4.69, 9.17) is 16.9 Å². The monoisotopic (exact) mass is 336 g/mol. The first-order chi connectivity index (χ1) is 10.6. The Kier molecular flexibility index (Phi) is 5.35. The van der Waals surface area contributed by atoms with Gasteiger partial charge < -0.3 is 5.32 Å². The summed E-state index contributed by atoms with van der Waals surface area (Å²) < 4.78 is 0. The lowest BCUT2D eigenvalue weighted by Gasteiger charge is -2.06. The van der Waals surface area contributed by atoms with E-state index in [2.05, 4.69) is 20.5 Å². The molecule has 2 aromatic rings. The predicted octanol–water partition coefficient (Wildman–Crippen LogP) is 4.45. The zero-order valence-corrected chi connectivity index (χ0v) is 12.6. The lowest BCUT2D eigenvalue weighted by molar-refractivity contribution is -0.380. The first-order valence-electron chi connectivity index (χ1n) is 6.02. The highest BCUT2D eigenvalue weighted by atomic mass is 35.5. The molecule has 0 atom stereocenters. The number of benzene rings is 1. The van der Waals surface area contributed by atoms with Crippen LogP contribution in [0.15, 0.2) is 34.6 Å². The summed E-state index contributed by atoms with van der Waals surface area (Å²) in [6, 6.07) is 7.03. The molecule has 0 saturated carbocycles. The van der Waals surface area contributed by atoms with Gasteiger partial charge in [-0.1, -0.05) is 11.6 Å². The summed E-state index contributed by atoms with van der Waals surface area (Å²) in [5.74, 6) is 0. The number of thiazole rings is 1. The Morgan fingerprint density at radius 1 is 1.50 bits per heavy atom. The highest BCUT2D eigenvalue weighted by molar-refractivity contribution is 7.18. The standard InChI is InChI=1S/C12H9ClN6O2S/c13-9-6-8(2-3-10(9)15-5-1-4-14)17-18-12-16-7-11(22-12)19(20)21/h2-3,6-7,15H,1,5H2. The van der Waals surface area contributed by atoms with Gasteiger partial charge in [-0.2, -0.15) is 5.26 Å². The highest BCUT2D eigenvalue weighted by Gasteiger charge is 2.10. The second kappa shape index (κ2) is 7.44. The molecule has 1 N–H and O–H groups in total. The molecule has 1 aromatic carbocycles. The van der Waals surface area contributed by atoms with E-state index in [0.717, 1.165) is 17.5 Å². The zero-order chi connectivity index (χ0) is 15.9. The van der Waals surface area contributed by atoms with E-state index >= 15 is 0 Å². The minimum absolute atomic E-state index is 0.0935. The van der Waals surface area contributed by atoms with Crippen LogP contribution in [0, 0.1) is 21.4 Å². The minimum atomic E-state index is -0.532. The Labute approximate surface area is 134 Å². The van der Waals surface area contributed by atoms with Gasteiger partial charge >= 0.3 is 5.00 Å². The molecule has 0 aliphatic carbocycles. The van der Waals surface area contributed by atoms with Crippen LogP contribution in [0.3, 0.4) is 0 Å². The Morgan fingerprint density at radius 3 is 2.95 bits per heavy atom. The van der Waals surface area contributed by atoms with E-state index in [9.17, 15) is 10.1 Å². The van der Waals surface area contributed by atoms with Gasteiger partial charge in [0.05, 0.1) is 33.8 Å². The maximum absolute atomic E-state index is 10.5. The molecule has 0 aliphatic heterocycles. The van der Waals surface area contributed by atoms with Crippen molar-refractivity contribution in [3.63, 3.8) is 0 Å². The maximum Gasteiger partial charge on any atom is 0.345 e. The van der Waals surface area contributed by atoms with Gasteiger partial charge in [-0.25, -0.2) is 4.98 Å². The number of nitriles is 1. The van der Waals surface area contributed by atoms with Gasteiger partial charge in [-0.15, -0.1) is 10.2 Å². The number of hydrogen-bond acceptors (Lipinski definition) is 8. The molecule has 0 fully saturated rings. The molecular weight excluding hydrogens is 328 g/mol. The third-order valence-electron chi connectivity index (χ3n) is 2.42. The molecule has 0 bridgehead atoms. The number of rotatable bonds is 6. The SMILES string of the molecule is N#CCCNc1ccc(N=Nc2ncc([N+](=O)[O-])s2)cc1Cl. The van der Waals surface area contributed by atoms with Crippen molar-refractivity contribution < 1.29 is 4.92 Å². The minimum Gasteiger partial charge on any atom is -0.383 e. The van der Waals surface area contributed by atoms with Crippen LogP contribution in [0.2, 0.25) is 5.02 Å². The topological polar surface area (TPSA) is 117 Å². The average molecular weight is 337 g/mol. The molecule has 1 heterocycles. The quantitative estimate of drug-likeness (QED) is 0.362. The number of nitrogens with zero attached hydrogens (tertiary/aromatic N) is 5. The molecule has 1 aromatic heterocycles. The smallest absolute Gasteiger partial charge is 0.345 e. The molecule has 8 nitrogen and oxygen atoms in total. The van der Waals surface area contributed by atoms with Gasteiger partial charge in [0.25, 0.3) is 0 Å². The Balaban J connectivity index is 2.06. The highest BCUT2D eigenvalue weighted by Crippen LogP contribution is 2.31. The molecule has 0 saturated heterocycles. The molecule has 0 radical (unpaired) electrons. The summed E-state index contributed by atoms with van der Waals surface area (Å²) in [5.41, 5.74) is 1.19. The lowest BCUT2D eigenvalue weighted by Crippen LogP contribution is -2.00. The molecule has 0 amide bonds. The molecule has 22 heavy (non-hydrogen) atoms. The van der Waals surface area contributed by atoms with Crippen LogP contribution in [0.4, 0.5) is 21.5 Å². The van der Waals surface area contributed by atoms with Gasteiger partial charge in [0, 0.05) is 6.54 Å². The predicted molar refractivity (Wildman–Crippen MR) is 83.1 cm³/mol. The van der Waals surface area contributed by atoms with Crippen molar-refractivity contribution in [2.75, 3.05) is 11.9 Å². The fourth-order valence-corrected chi connectivity index (χ4v) is 2.25. The number of nitro groups is 1. The van der Waals surface area contributed by atoms with Crippen LogP contribution < -0.4 is 5.32 Å².